The van der Waals surface area contributed by atoms with Crippen LogP contribution in [-0.2, 0) is 6.54 Å². The molecule has 7 aromatic carbocycles. The second-order valence-corrected chi connectivity index (χ2v) is 15.0. The largest absolute Gasteiger partial charge is 0.270 e. The van der Waals surface area contributed by atoms with E-state index in [0.717, 1.165) is 22.2 Å². The third-order valence-electron chi connectivity index (χ3n) is 11.2. The van der Waals surface area contributed by atoms with E-state index in [1.807, 2.05) is 42.5 Å². The monoisotopic (exact) mass is 1020 g/mol. The Kier molecular flexibility index (Phi) is 13.7. The summed E-state index contributed by atoms with van der Waals surface area (Å²) in [6, 6.07) is 29.3. The van der Waals surface area contributed by atoms with Crippen LogP contribution in [0.3, 0.4) is 0 Å². The second kappa shape index (κ2) is 19.1. The topological polar surface area (TPSA) is 47.0 Å². The van der Waals surface area contributed by atoms with Gasteiger partial charge in [-0.25, -0.2) is 87.8 Å². The van der Waals surface area contributed by atoms with E-state index in [2.05, 4.69) is 34.9 Å². The van der Waals surface area contributed by atoms with Crippen LogP contribution in [-0.4, -0.2) is 11.1 Å². The molecule has 0 unspecified atom stereocenters. The first kappa shape index (κ1) is 50.9. The average molecular weight is 1020 g/mol. The highest BCUT2D eigenvalue weighted by Gasteiger charge is 2.52. The number of nitro groups is 1. The summed E-state index contributed by atoms with van der Waals surface area (Å²) >= 11 is 0. The van der Waals surface area contributed by atoms with Crippen molar-refractivity contribution < 1.29 is 97.3 Å². The van der Waals surface area contributed by atoms with Crippen LogP contribution in [0.1, 0.15) is 5.56 Å². The van der Waals surface area contributed by atoms with E-state index in [1.165, 1.54) is 11.6 Å². The van der Waals surface area contributed by atoms with Crippen LogP contribution in [0.4, 0.5) is 93.5 Å². The van der Waals surface area contributed by atoms with Crippen molar-refractivity contribution >= 4 is 44.6 Å². The molecule has 0 aliphatic rings. The zero-order valence-corrected chi connectivity index (χ0v) is 34.2. The van der Waals surface area contributed by atoms with Crippen molar-refractivity contribution in [2.24, 2.45) is 0 Å². The fourth-order valence-electron chi connectivity index (χ4n) is 8.10. The van der Waals surface area contributed by atoms with Gasteiger partial charge in [-0.05, 0) is 18.2 Å². The molecule has 366 valence electrons. The lowest BCUT2D eigenvalue weighted by Gasteiger charge is -2.44. The van der Waals surface area contributed by atoms with Gasteiger partial charge < -0.3 is 0 Å². The number of nitrogens with zero attached hydrogens (tertiary/aromatic N) is 2. The van der Waals surface area contributed by atoms with Crippen molar-refractivity contribution in [3.05, 3.63) is 223 Å². The minimum absolute atomic E-state index is 0.0990. The van der Waals surface area contributed by atoms with E-state index >= 15 is 35.1 Å². The van der Waals surface area contributed by atoms with Crippen LogP contribution in [0.15, 0.2) is 91.0 Å². The molecule has 1 aromatic heterocycles. The highest BCUT2D eigenvalue weighted by atomic mass is 19.2. The van der Waals surface area contributed by atoms with Gasteiger partial charge in [-0.1, -0.05) is 48.5 Å². The number of para-hydroxylation sites is 1. The molecule has 0 saturated heterocycles. The Morgan fingerprint density at radius 2 is 0.718 bits per heavy atom. The van der Waals surface area contributed by atoms with Crippen LogP contribution in [0.5, 0.6) is 0 Å². The Hall–Kier alpha value is -7.99. The Bertz CT molecular complexity index is 3130. The second-order valence-electron chi connectivity index (χ2n) is 15.0. The maximum atomic E-state index is 15.4. The summed E-state index contributed by atoms with van der Waals surface area (Å²) in [7, 11) is 0. The number of aromatic nitrogens is 1. The summed E-state index contributed by atoms with van der Waals surface area (Å²) in [6.07, 6.45) is -7.22. The molecule has 8 rings (SSSR count). The van der Waals surface area contributed by atoms with E-state index < -0.39 is 144 Å². The smallest absolute Gasteiger partial charge is 0.258 e. The standard InChI is InChI=1S/C24BF20.C22H17N2O2/c26-5-1(6(27)14(35)21(42)13(5)34)25(2-7(28)15(36)22(43)16(37)8(2)29,3-9(30)17(38)23(44)18(39)10(3)31)4-11(32)19(40)24(45)20(41)12(4)33;25-24(26)20-11-6-10-19(15-20)22-14-13-18-9-4-5-12-21(18)23(22)16-17-7-2-1-3-8-17/h;1-15H,16H2/q-1;+1. The molecule has 25 heteroatoms. The first-order valence-corrected chi connectivity index (χ1v) is 19.4. The van der Waals surface area contributed by atoms with Gasteiger partial charge in [0.1, 0.15) is 52.7 Å². The van der Waals surface area contributed by atoms with Crippen LogP contribution >= 0.6 is 0 Å². The molecule has 0 aliphatic heterocycles. The molecule has 0 atom stereocenters. The Balaban J connectivity index is 0.000000240. The molecular formula is C46H17BF20N2O2. The molecule has 8 aromatic rings. The summed E-state index contributed by atoms with van der Waals surface area (Å²) in [5.74, 6) is -71.4. The lowest BCUT2D eigenvalue weighted by atomic mass is 9.12. The number of halogens is 20. The van der Waals surface area contributed by atoms with Crippen LogP contribution < -0.4 is 26.4 Å². The van der Waals surface area contributed by atoms with Crippen molar-refractivity contribution in [2.45, 2.75) is 6.54 Å². The number of rotatable bonds is 8. The van der Waals surface area contributed by atoms with Crippen molar-refractivity contribution in [3.8, 4) is 11.3 Å². The number of hydrogen-bond acceptors (Lipinski definition) is 2. The van der Waals surface area contributed by atoms with Gasteiger partial charge in [0.15, 0.2) is 76.4 Å². The van der Waals surface area contributed by atoms with Crippen molar-refractivity contribution in [3.63, 3.8) is 0 Å². The molecule has 0 aliphatic carbocycles. The Morgan fingerprint density at radius 3 is 1.08 bits per heavy atom. The minimum atomic E-state index is -7.22. The van der Waals surface area contributed by atoms with Gasteiger partial charge in [0, 0.05) is 35.2 Å². The zero-order chi connectivity index (χ0) is 52.3. The fraction of sp³-hybridized carbons (Fsp3) is 0.0217. The van der Waals surface area contributed by atoms with E-state index in [0.29, 0.717) is 6.54 Å². The average Bonchev–Trinajstić information content (AvgIpc) is 3.36. The number of nitro benzene ring substituents is 1. The number of hydrogen-bond donors (Lipinski definition) is 0. The normalized spacial score (nSPS) is 11.5. The SMILES string of the molecule is Fc1c(F)c(F)c([B-](c2c(F)c(F)c(F)c(F)c2F)(c2c(F)c(F)c(F)c(F)c2F)c2c(F)c(F)c(F)c(F)c2F)c(F)c1F.O=[N+]([O-])c1cccc(-c2ccc3ccccc3[n+]2Cc2ccccc2)c1. The van der Waals surface area contributed by atoms with Crippen molar-refractivity contribution in [2.75, 3.05) is 0 Å². The third-order valence-corrected chi connectivity index (χ3v) is 11.2. The molecule has 0 radical (unpaired) electrons. The van der Waals surface area contributed by atoms with Gasteiger partial charge in [0.05, 0.1) is 10.5 Å². The molecule has 71 heavy (non-hydrogen) atoms. The highest BCUT2D eigenvalue weighted by molar-refractivity contribution is 7.20. The lowest BCUT2D eigenvalue weighted by Crippen LogP contribution is -2.81. The summed E-state index contributed by atoms with van der Waals surface area (Å²) in [5.41, 5.74) is -10.2. The summed E-state index contributed by atoms with van der Waals surface area (Å²) in [5, 5.41) is 12.3. The summed E-state index contributed by atoms with van der Waals surface area (Å²) in [6.45, 7) is 0.695. The number of fused-ring (bicyclic) bond motifs is 1. The van der Waals surface area contributed by atoms with Gasteiger partial charge in [-0.15, -0.1) is 21.9 Å². The Morgan fingerprint density at radius 1 is 0.380 bits per heavy atom. The van der Waals surface area contributed by atoms with Gasteiger partial charge in [0.25, 0.3) is 5.69 Å². The predicted octanol–water partition coefficient (Wildman–Crippen LogP) is 10.6. The van der Waals surface area contributed by atoms with Crippen LogP contribution in [0, 0.1) is 126 Å². The van der Waals surface area contributed by atoms with E-state index in [-0.39, 0.29) is 10.6 Å². The van der Waals surface area contributed by atoms with Crippen molar-refractivity contribution in [1.29, 1.82) is 0 Å². The number of non-ortho nitro benzene ring substituents is 1. The van der Waals surface area contributed by atoms with Crippen molar-refractivity contribution in [1.82, 2.24) is 0 Å². The van der Waals surface area contributed by atoms with E-state index in [4.69, 9.17) is 0 Å². The zero-order valence-electron chi connectivity index (χ0n) is 34.2. The molecule has 0 saturated carbocycles. The summed E-state index contributed by atoms with van der Waals surface area (Å²) in [4.78, 5) is 10.8. The van der Waals surface area contributed by atoms with Crippen LogP contribution in [0.25, 0.3) is 22.2 Å². The molecule has 0 N–H and O–H groups in total. The highest BCUT2D eigenvalue weighted by Crippen LogP contribution is 2.31. The molecular weight excluding hydrogens is 1000 g/mol. The van der Waals surface area contributed by atoms with Gasteiger partial charge in [0.2, 0.25) is 11.2 Å². The minimum Gasteiger partial charge on any atom is -0.258 e. The van der Waals surface area contributed by atoms with E-state index in [1.54, 1.807) is 12.1 Å². The first-order valence-electron chi connectivity index (χ1n) is 19.4. The lowest BCUT2D eigenvalue weighted by molar-refractivity contribution is -0.651. The van der Waals surface area contributed by atoms with Gasteiger partial charge in [-0.2, -0.15) is 4.57 Å². The Labute approximate surface area is 382 Å². The maximum absolute atomic E-state index is 15.4. The third kappa shape index (κ3) is 8.10. The van der Waals surface area contributed by atoms with E-state index in [9.17, 15) is 62.8 Å². The molecule has 0 fully saturated rings. The fourth-order valence-corrected chi connectivity index (χ4v) is 8.10. The molecule has 0 spiro atoms. The molecule has 4 nitrogen and oxygen atoms in total. The predicted molar refractivity (Wildman–Crippen MR) is 211 cm³/mol. The quantitative estimate of drug-likeness (QED) is 0.0290. The molecule has 0 amide bonds. The van der Waals surface area contributed by atoms with Crippen LogP contribution in [0.2, 0.25) is 0 Å². The number of pyridine rings is 1. The first-order chi connectivity index (χ1) is 33.4. The molecule has 0 bridgehead atoms. The van der Waals surface area contributed by atoms with Gasteiger partial charge >= 0.3 is 0 Å². The maximum Gasteiger partial charge on any atom is 0.270 e. The number of benzene rings is 7. The molecule has 1 heterocycles. The van der Waals surface area contributed by atoms with Gasteiger partial charge in [-0.3, -0.25) is 10.1 Å². The summed E-state index contributed by atoms with van der Waals surface area (Å²) < 4.78 is 296.